The minimum atomic E-state index is 0. The molecular weight excluding hydrogens is 423 g/mol. The van der Waals surface area contributed by atoms with E-state index in [9.17, 15) is 4.79 Å². The molecule has 0 aliphatic rings. The van der Waals surface area contributed by atoms with Gasteiger partial charge in [0, 0.05) is 32.4 Å². The monoisotopic (exact) mass is 458 g/mol. The fourth-order valence-corrected chi connectivity index (χ4v) is 2.16. The Hall–Kier alpha value is -0.180. The second-order valence-corrected chi connectivity index (χ2v) is 7.23. The normalized spacial score (nSPS) is 12.6. The summed E-state index contributed by atoms with van der Waals surface area (Å²) >= 11 is 1.79. The number of hydrogen-bond acceptors (Lipinski definition) is 3. The number of rotatable bonds is 10. The number of nitrogens with one attached hydrogen (secondary N) is 2. The summed E-state index contributed by atoms with van der Waals surface area (Å²) in [6.45, 7) is 7.70. The number of guanidine groups is 1. The molecule has 0 aromatic carbocycles. The Kier molecular flexibility index (Phi) is 16.7. The van der Waals surface area contributed by atoms with E-state index in [1.54, 1.807) is 30.8 Å². The predicted octanol–water partition coefficient (Wildman–Crippen LogP) is 2.81. The topological polar surface area (TPSA) is 56.7 Å². The van der Waals surface area contributed by atoms with E-state index in [1.165, 1.54) is 12.8 Å². The number of hydrogen-bond donors (Lipinski definition) is 2. The van der Waals surface area contributed by atoms with E-state index in [0.717, 1.165) is 30.6 Å². The quantitative estimate of drug-likeness (QED) is 0.229. The standard InChI is InChI=1S/C16H34N4OS.HI/c1-13(2)8-7-9-14(3)19-16(17-10-11-22-6)18-12-15(21)20(4)5;/h13-14H,7-12H2,1-6H3,(H2,17,18,19);1H. The maximum Gasteiger partial charge on any atom is 0.243 e. The van der Waals surface area contributed by atoms with Crippen molar-refractivity contribution >= 4 is 47.6 Å². The molecule has 0 heterocycles. The molecule has 0 fully saturated rings. The van der Waals surface area contributed by atoms with Crippen molar-refractivity contribution in [2.24, 2.45) is 10.9 Å². The van der Waals surface area contributed by atoms with E-state index in [-0.39, 0.29) is 36.4 Å². The van der Waals surface area contributed by atoms with Crippen molar-refractivity contribution in [3.63, 3.8) is 0 Å². The molecule has 0 saturated heterocycles. The fraction of sp³-hybridized carbons (Fsp3) is 0.875. The van der Waals surface area contributed by atoms with Crippen LogP contribution < -0.4 is 10.6 Å². The SMILES string of the molecule is CSCCNC(=NCC(=O)N(C)C)NC(C)CCCC(C)C.I. The highest BCUT2D eigenvalue weighted by Crippen LogP contribution is 2.08. The Labute approximate surface area is 163 Å². The smallest absolute Gasteiger partial charge is 0.243 e. The number of aliphatic imine (C=N–C) groups is 1. The minimum absolute atomic E-state index is 0. The summed E-state index contributed by atoms with van der Waals surface area (Å²) in [7, 11) is 3.50. The molecule has 0 aromatic rings. The Morgan fingerprint density at radius 2 is 1.87 bits per heavy atom. The van der Waals surface area contributed by atoms with Gasteiger partial charge in [-0.15, -0.1) is 24.0 Å². The molecule has 1 unspecified atom stereocenters. The maximum atomic E-state index is 11.7. The summed E-state index contributed by atoms with van der Waals surface area (Å²) in [6.07, 6.45) is 5.65. The number of likely N-dealkylation sites (N-methyl/N-ethyl adjacent to an activating group) is 1. The number of carbonyl (C=O) groups is 1. The molecule has 138 valence electrons. The largest absolute Gasteiger partial charge is 0.356 e. The first-order valence-electron chi connectivity index (χ1n) is 8.10. The number of carbonyl (C=O) groups excluding carboxylic acids is 1. The van der Waals surface area contributed by atoms with E-state index >= 15 is 0 Å². The summed E-state index contributed by atoms with van der Waals surface area (Å²) in [5.41, 5.74) is 0. The molecule has 0 aliphatic heterocycles. The van der Waals surface area contributed by atoms with Crippen LogP contribution in [0.15, 0.2) is 4.99 Å². The molecule has 1 amide bonds. The van der Waals surface area contributed by atoms with Crippen molar-refractivity contribution in [1.29, 1.82) is 0 Å². The van der Waals surface area contributed by atoms with Crippen LogP contribution in [0, 0.1) is 5.92 Å². The molecule has 23 heavy (non-hydrogen) atoms. The van der Waals surface area contributed by atoms with Crippen LogP contribution in [-0.2, 0) is 4.79 Å². The van der Waals surface area contributed by atoms with Gasteiger partial charge in [0.25, 0.3) is 0 Å². The second-order valence-electron chi connectivity index (χ2n) is 6.24. The fourth-order valence-electron chi connectivity index (χ4n) is 1.85. The van der Waals surface area contributed by atoms with Gasteiger partial charge < -0.3 is 15.5 Å². The molecule has 1 atom stereocenters. The summed E-state index contributed by atoms with van der Waals surface area (Å²) in [5, 5.41) is 6.70. The molecule has 0 spiro atoms. The second kappa shape index (κ2) is 15.4. The lowest BCUT2D eigenvalue weighted by atomic mass is 10.0. The highest BCUT2D eigenvalue weighted by Gasteiger charge is 2.08. The van der Waals surface area contributed by atoms with Crippen LogP contribution >= 0.6 is 35.7 Å². The van der Waals surface area contributed by atoms with E-state index in [2.05, 4.69) is 42.7 Å². The van der Waals surface area contributed by atoms with Crippen molar-refractivity contribution < 1.29 is 4.79 Å². The van der Waals surface area contributed by atoms with Crippen LogP contribution in [0.4, 0.5) is 0 Å². The van der Waals surface area contributed by atoms with Gasteiger partial charge in [0.05, 0.1) is 0 Å². The van der Waals surface area contributed by atoms with E-state index in [0.29, 0.717) is 6.04 Å². The van der Waals surface area contributed by atoms with E-state index in [1.807, 2.05) is 0 Å². The summed E-state index contributed by atoms with van der Waals surface area (Å²) < 4.78 is 0. The van der Waals surface area contributed by atoms with Gasteiger partial charge in [-0.1, -0.05) is 26.7 Å². The first-order chi connectivity index (χ1) is 10.4. The Balaban J connectivity index is 0. The third-order valence-electron chi connectivity index (χ3n) is 3.27. The molecule has 0 rings (SSSR count). The highest BCUT2D eigenvalue weighted by atomic mass is 127. The minimum Gasteiger partial charge on any atom is -0.356 e. The summed E-state index contributed by atoms with van der Waals surface area (Å²) in [5.74, 6) is 2.52. The lowest BCUT2D eigenvalue weighted by molar-refractivity contribution is -0.127. The van der Waals surface area contributed by atoms with Crippen LogP contribution in [0.2, 0.25) is 0 Å². The van der Waals surface area contributed by atoms with E-state index < -0.39 is 0 Å². The number of halogens is 1. The zero-order chi connectivity index (χ0) is 17.0. The number of thioether (sulfide) groups is 1. The molecule has 0 bridgehead atoms. The van der Waals surface area contributed by atoms with Crippen molar-refractivity contribution in [3.05, 3.63) is 0 Å². The number of nitrogens with zero attached hydrogens (tertiary/aromatic N) is 2. The van der Waals surface area contributed by atoms with Crippen molar-refractivity contribution in [2.45, 2.75) is 46.1 Å². The van der Waals surface area contributed by atoms with Crippen LogP contribution in [0.25, 0.3) is 0 Å². The average molecular weight is 458 g/mol. The van der Waals surface area contributed by atoms with Gasteiger partial charge in [-0.25, -0.2) is 4.99 Å². The maximum absolute atomic E-state index is 11.7. The van der Waals surface area contributed by atoms with Crippen LogP contribution in [0.3, 0.4) is 0 Å². The lowest BCUT2D eigenvalue weighted by Gasteiger charge is -2.19. The van der Waals surface area contributed by atoms with Gasteiger partial charge in [0.15, 0.2) is 5.96 Å². The molecule has 0 radical (unpaired) electrons. The summed E-state index contributed by atoms with van der Waals surface area (Å²) in [4.78, 5) is 17.6. The van der Waals surface area contributed by atoms with Gasteiger partial charge in [-0.2, -0.15) is 11.8 Å². The molecule has 5 nitrogen and oxygen atoms in total. The van der Waals surface area contributed by atoms with Gasteiger partial charge in [0.1, 0.15) is 6.54 Å². The van der Waals surface area contributed by atoms with Crippen LogP contribution in [-0.4, -0.2) is 62.0 Å². The third-order valence-corrected chi connectivity index (χ3v) is 3.88. The average Bonchev–Trinajstić information content (AvgIpc) is 2.43. The zero-order valence-corrected chi connectivity index (χ0v) is 18.7. The van der Waals surface area contributed by atoms with Crippen molar-refractivity contribution in [2.75, 3.05) is 39.2 Å². The lowest BCUT2D eigenvalue weighted by Crippen LogP contribution is -2.43. The highest BCUT2D eigenvalue weighted by molar-refractivity contribution is 14.0. The predicted molar refractivity (Wildman–Crippen MR) is 114 cm³/mol. The van der Waals surface area contributed by atoms with Crippen molar-refractivity contribution in [3.8, 4) is 0 Å². The Bertz CT molecular complexity index is 338. The Morgan fingerprint density at radius 1 is 1.22 bits per heavy atom. The Morgan fingerprint density at radius 3 is 2.39 bits per heavy atom. The molecule has 0 aromatic heterocycles. The summed E-state index contributed by atoms with van der Waals surface area (Å²) in [6, 6.07) is 0.355. The first kappa shape index (κ1) is 25.1. The van der Waals surface area contributed by atoms with E-state index in [4.69, 9.17) is 0 Å². The van der Waals surface area contributed by atoms with Gasteiger partial charge in [-0.05, 0) is 25.5 Å². The number of amides is 1. The van der Waals surface area contributed by atoms with Gasteiger partial charge in [-0.3, -0.25) is 4.79 Å². The zero-order valence-electron chi connectivity index (χ0n) is 15.5. The first-order valence-corrected chi connectivity index (χ1v) is 9.50. The van der Waals surface area contributed by atoms with Crippen molar-refractivity contribution in [1.82, 2.24) is 15.5 Å². The van der Waals surface area contributed by atoms with Crippen LogP contribution in [0.1, 0.15) is 40.0 Å². The third kappa shape index (κ3) is 15.1. The molecule has 2 N–H and O–H groups in total. The molecular formula is C16H35IN4OS. The van der Waals surface area contributed by atoms with Crippen LogP contribution in [0.5, 0.6) is 0 Å². The molecule has 0 aliphatic carbocycles. The van der Waals surface area contributed by atoms with Gasteiger partial charge in [0.2, 0.25) is 5.91 Å². The van der Waals surface area contributed by atoms with Gasteiger partial charge >= 0.3 is 0 Å². The molecule has 7 heteroatoms. The molecule has 0 saturated carbocycles.